The molecule has 2 N–H and O–H groups in total. The number of nitrogens with zero attached hydrogens (tertiary/aromatic N) is 2. The van der Waals surface area contributed by atoms with E-state index < -0.39 is 0 Å². The van der Waals surface area contributed by atoms with E-state index in [0.717, 1.165) is 22.3 Å². The van der Waals surface area contributed by atoms with E-state index in [4.69, 9.17) is 4.74 Å². The van der Waals surface area contributed by atoms with Crippen molar-refractivity contribution in [3.8, 4) is 11.8 Å². The molecular weight excluding hydrogens is 344 g/mol. The van der Waals surface area contributed by atoms with Crippen LogP contribution in [-0.2, 0) is 4.74 Å². The summed E-state index contributed by atoms with van der Waals surface area (Å²) in [5.74, 6) is 5.72. The van der Waals surface area contributed by atoms with Gasteiger partial charge in [0.05, 0.1) is 30.5 Å². The summed E-state index contributed by atoms with van der Waals surface area (Å²) in [6.07, 6.45) is 1.26. The number of ether oxygens (including phenoxy) is 1. The highest BCUT2D eigenvalue weighted by Crippen LogP contribution is 2.18. The smallest absolute Gasteiger partial charge is 0.414 e. The summed E-state index contributed by atoms with van der Waals surface area (Å²) >= 11 is 0. The number of H-pyrrole nitrogens is 1. The zero-order valence-corrected chi connectivity index (χ0v) is 14.4. The van der Waals surface area contributed by atoms with Crippen LogP contribution in [0.15, 0.2) is 48.8 Å². The van der Waals surface area contributed by atoms with Gasteiger partial charge in [-0.05, 0) is 42.5 Å². The summed E-state index contributed by atoms with van der Waals surface area (Å²) in [7, 11) is 0. The van der Waals surface area contributed by atoms with Gasteiger partial charge in [-0.2, -0.15) is 0 Å². The molecular formula is C20H16N4O3. The Bertz CT molecular complexity index is 1060. The van der Waals surface area contributed by atoms with E-state index in [9.17, 15) is 9.59 Å². The van der Waals surface area contributed by atoms with Crippen molar-refractivity contribution >= 4 is 28.7 Å². The average Bonchev–Trinajstić information content (AvgIpc) is 3.33. The van der Waals surface area contributed by atoms with E-state index >= 15 is 0 Å². The maximum atomic E-state index is 12.2. The van der Waals surface area contributed by atoms with Crippen LogP contribution >= 0.6 is 0 Å². The number of aromatic amines is 1. The molecule has 0 saturated carbocycles. The molecule has 0 unspecified atom stereocenters. The highest BCUT2D eigenvalue weighted by atomic mass is 16.6. The van der Waals surface area contributed by atoms with Crippen LogP contribution in [0.4, 0.5) is 10.5 Å². The van der Waals surface area contributed by atoms with Crippen LogP contribution in [0.5, 0.6) is 0 Å². The van der Waals surface area contributed by atoms with E-state index in [1.807, 2.05) is 24.3 Å². The molecule has 0 radical (unpaired) electrons. The Hall–Kier alpha value is -3.79. The van der Waals surface area contributed by atoms with Crippen LogP contribution in [0.2, 0.25) is 0 Å². The Morgan fingerprint density at radius 1 is 1.26 bits per heavy atom. The summed E-state index contributed by atoms with van der Waals surface area (Å²) in [6.45, 7) is 1.20. The molecule has 2 amide bonds. The summed E-state index contributed by atoms with van der Waals surface area (Å²) < 4.78 is 4.92. The van der Waals surface area contributed by atoms with Gasteiger partial charge in [0.1, 0.15) is 6.61 Å². The van der Waals surface area contributed by atoms with Crippen LogP contribution in [-0.4, -0.2) is 41.7 Å². The second-order valence-electron chi connectivity index (χ2n) is 5.93. The first kappa shape index (κ1) is 16.7. The summed E-state index contributed by atoms with van der Waals surface area (Å²) in [5.41, 5.74) is 3.77. The molecule has 0 aliphatic carbocycles. The number of fused-ring (bicyclic) bond motifs is 1. The fourth-order valence-electron chi connectivity index (χ4n) is 2.80. The predicted molar refractivity (Wildman–Crippen MR) is 100 cm³/mol. The number of benzene rings is 2. The van der Waals surface area contributed by atoms with Crippen molar-refractivity contribution in [2.75, 3.05) is 24.6 Å². The standard InChI is InChI=1S/C20H16N4O3/c25-19(15-5-8-17-18(12-15)23-13-22-17)21-9-1-2-14-3-6-16(7-4-14)24-10-11-27-20(24)26/h3-8,12-13H,9-11H2,(H,21,25)(H,22,23). The maximum absolute atomic E-state index is 12.2. The molecule has 7 nitrogen and oxygen atoms in total. The van der Waals surface area contributed by atoms with Gasteiger partial charge in [0.25, 0.3) is 5.91 Å². The van der Waals surface area contributed by atoms with E-state index in [-0.39, 0.29) is 18.5 Å². The molecule has 1 aliphatic rings. The minimum Gasteiger partial charge on any atom is -0.447 e. The van der Waals surface area contributed by atoms with Gasteiger partial charge in [0, 0.05) is 16.8 Å². The van der Waals surface area contributed by atoms with Gasteiger partial charge in [-0.1, -0.05) is 11.8 Å². The number of anilines is 1. The fraction of sp³-hybridized carbons (Fsp3) is 0.150. The molecule has 1 aromatic heterocycles. The third-order valence-electron chi connectivity index (χ3n) is 4.19. The number of rotatable bonds is 3. The van der Waals surface area contributed by atoms with Gasteiger partial charge < -0.3 is 15.0 Å². The highest BCUT2D eigenvalue weighted by Gasteiger charge is 2.23. The van der Waals surface area contributed by atoms with Gasteiger partial charge in [-0.15, -0.1) is 0 Å². The van der Waals surface area contributed by atoms with Gasteiger partial charge in [-0.3, -0.25) is 9.69 Å². The summed E-state index contributed by atoms with van der Waals surface area (Å²) in [6, 6.07) is 12.6. The Kier molecular flexibility index (Phi) is 4.45. The largest absolute Gasteiger partial charge is 0.447 e. The van der Waals surface area contributed by atoms with E-state index in [1.165, 1.54) is 0 Å². The Labute approximate surface area is 155 Å². The minimum atomic E-state index is -0.329. The van der Waals surface area contributed by atoms with Crippen molar-refractivity contribution in [2.24, 2.45) is 0 Å². The van der Waals surface area contributed by atoms with Crippen molar-refractivity contribution in [1.82, 2.24) is 15.3 Å². The second-order valence-corrected chi connectivity index (χ2v) is 5.93. The summed E-state index contributed by atoms with van der Waals surface area (Å²) in [5, 5.41) is 2.77. The Morgan fingerprint density at radius 2 is 2.11 bits per heavy atom. The maximum Gasteiger partial charge on any atom is 0.414 e. The van der Waals surface area contributed by atoms with Crippen molar-refractivity contribution in [3.63, 3.8) is 0 Å². The zero-order chi connectivity index (χ0) is 18.6. The van der Waals surface area contributed by atoms with Crippen LogP contribution in [0.25, 0.3) is 11.0 Å². The van der Waals surface area contributed by atoms with Gasteiger partial charge in [-0.25, -0.2) is 9.78 Å². The zero-order valence-electron chi connectivity index (χ0n) is 14.4. The van der Waals surface area contributed by atoms with E-state index in [0.29, 0.717) is 18.7 Å². The molecule has 0 atom stereocenters. The van der Waals surface area contributed by atoms with Gasteiger partial charge in [0.2, 0.25) is 0 Å². The fourth-order valence-corrected chi connectivity index (χ4v) is 2.80. The number of carbonyl (C=O) groups is 2. The molecule has 3 aromatic rings. The number of imidazole rings is 1. The third kappa shape index (κ3) is 3.60. The molecule has 1 fully saturated rings. The van der Waals surface area contributed by atoms with Crippen LogP contribution in [0.3, 0.4) is 0 Å². The quantitative estimate of drug-likeness (QED) is 0.702. The second kappa shape index (κ2) is 7.22. The third-order valence-corrected chi connectivity index (χ3v) is 4.19. The lowest BCUT2D eigenvalue weighted by molar-refractivity contribution is 0.0958. The molecule has 134 valence electrons. The molecule has 2 aromatic carbocycles. The minimum absolute atomic E-state index is 0.191. The van der Waals surface area contributed by atoms with Crippen molar-refractivity contribution in [2.45, 2.75) is 0 Å². The first-order valence-electron chi connectivity index (χ1n) is 8.45. The molecule has 0 spiro atoms. The number of cyclic esters (lactones) is 1. The number of nitrogens with one attached hydrogen (secondary N) is 2. The molecule has 2 heterocycles. The molecule has 1 saturated heterocycles. The van der Waals surface area contributed by atoms with Crippen LogP contribution in [0.1, 0.15) is 15.9 Å². The highest BCUT2D eigenvalue weighted by molar-refractivity contribution is 5.97. The Morgan fingerprint density at radius 3 is 2.89 bits per heavy atom. The summed E-state index contributed by atoms with van der Waals surface area (Å²) in [4.78, 5) is 32.4. The first-order valence-corrected chi connectivity index (χ1v) is 8.45. The molecule has 7 heteroatoms. The Balaban J connectivity index is 1.34. The van der Waals surface area contributed by atoms with Crippen molar-refractivity contribution in [1.29, 1.82) is 0 Å². The van der Waals surface area contributed by atoms with Crippen LogP contribution < -0.4 is 10.2 Å². The SMILES string of the molecule is O=C(NCC#Cc1ccc(N2CCOC2=O)cc1)c1ccc2nc[nH]c2c1. The lowest BCUT2D eigenvalue weighted by Gasteiger charge is -2.11. The topological polar surface area (TPSA) is 87.3 Å². The average molecular weight is 360 g/mol. The number of carbonyl (C=O) groups excluding carboxylic acids is 2. The number of amides is 2. The number of aromatic nitrogens is 2. The van der Waals surface area contributed by atoms with E-state index in [2.05, 4.69) is 27.1 Å². The number of hydrogen-bond donors (Lipinski definition) is 2. The molecule has 0 bridgehead atoms. The lowest BCUT2D eigenvalue weighted by Crippen LogP contribution is -2.23. The first-order chi connectivity index (χ1) is 13.2. The van der Waals surface area contributed by atoms with Crippen LogP contribution in [0, 0.1) is 11.8 Å². The molecule has 27 heavy (non-hydrogen) atoms. The van der Waals surface area contributed by atoms with Gasteiger partial charge in [0.15, 0.2) is 0 Å². The van der Waals surface area contributed by atoms with Crippen molar-refractivity contribution < 1.29 is 14.3 Å². The monoisotopic (exact) mass is 360 g/mol. The van der Waals surface area contributed by atoms with Gasteiger partial charge >= 0.3 is 6.09 Å². The predicted octanol–water partition coefficient (Wildman–Crippen LogP) is 2.30. The lowest BCUT2D eigenvalue weighted by atomic mass is 10.2. The number of hydrogen-bond acceptors (Lipinski definition) is 4. The van der Waals surface area contributed by atoms with Crippen molar-refractivity contribution in [3.05, 3.63) is 59.9 Å². The molecule has 1 aliphatic heterocycles. The van der Waals surface area contributed by atoms with E-state index in [1.54, 1.807) is 29.4 Å². The normalized spacial score (nSPS) is 13.2. The molecule has 4 rings (SSSR count).